The van der Waals surface area contributed by atoms with E-state index in [1.54, 1.807) is 16.7 Å². The lowest BCUT2D eigenvalue weighted by Crippen LogP contribution is -2.04. The molecule has 7 heteroatoms. The zero-order valence-corrected chi connectivity index (χ0v) is 10.8. The van der Waals surface area contributed by atoms with Gasteiger partial charge in [0.1, 0.15) is 0 Å². The zero-order chi connectivity index (χ0) is 15.0. The van der Waals surface area contributed by atoms with Crippen molar-refractivity contribution in [2.75, 3.05) is 0 Å². The van der Waals surface area contributed by atoms with Crippen molar-refractivity contribution in [2.24, 2.45) is 5.73 Å². The van der Waals surface area contributed by atoms with E-state index in [1.165, 1.54) is 12.1 Å². The molecule has 21 heavy (non-hydrogen) atoms. The average molecular weight is 292 g/mol. The number of nitrogens with zero attached hydrogens (tertiary/aromatic N) is 3. The molecule has 0 atom stereocenters. The predicted molar refractivity (Wildman–Crippen MR) is 71.3 cm³/mol. The minimum atomic E-state index is -4.35. The molecule has 108 valence electrons. The number of hydrogen-bond acceptors (Lipinski definition) is 3. The van der Waals surface area contributed by atoms with Gasteiger partial charge in [-0.25, -0.2) is 0 Å². The summed E-state index contributed by atoms with van der Waals surface area (Å²) in [6.45, 7) is 0.388. The van der Waals surface area contributed by atoms with E-state index >= 15 is 0 Å². The van der Waals surface area contributed by atoms with Crippen molar-refractivity contribution in [2.45, 2.75) is 12.7 Å². The molecule has 0 radical (unpaired) electrons. The summed E-state index contributed by atoms with van der Waals surface area (Å²) in [5, 5.41) is 8.03. The molecule has 0 unspecified atom stereocenters. The molecular formula is C14H11F3N4. The first-order valence-electron chi connectivity index (χ1n) is 6.20. The summed E-state index contributed by atoms with van der Waals surface area (Å²) in [6, 6.07) is 8.45. The highest BCUT2D eigenvalue weighted by atomic mass is 19.4. The second kappa shape index (κ2) is 4.85. The molecule has 0 aliphatic rings. The van der Waals surface area contributed by atoms with Crippen LogP contribution < -0.4 is 5.73 Å². The Labute approximate surface area is 118 Å². The summed E-state index contributed by atoms with van der Waals surface area (Å²) in [5.74, 6) is 0.488. The van der Waals surface area contributed by atoms with E-state index in [2.05, 4.69) is 10.2 Å². The van der Waals surface area contributed by atoms with E-state index in [-0.39, 0.29) is 0 Å². The highest BCUT2D eigenvalue weighted by Crippen LogP contribution is 2.30. The first-order valence-corrected chi connectivity index (χ1v) is 6.20. The molecule has 0 fully saturated rings. The number of aromatic nitrogens is 3. The van der Waals surface area contributed by atoms with Crippen LogP contribution in [-0.2, 0) is 12.7 Å². The zero-order valence-electron chi connectivity index (χ0n) is 10.8. The average Bonchev–Trinajstić information content (AvgIpc) is 2.89. The van der Waals surface area contributed by atoms with Gasteiger partial charge >= 0.3 is 6.18 Å². The Morgan fingerprint density at radius 2 is 1.76 bits per heavy atom. The van der Waals surface area contributed by atoms with Crippen LogP contribution in [0.4, 0.5) is 13.2 Å². The lowest BCUT2D eigenvalue weighted by atomic mass is 10.1. The van der Waals surface area contributed by atoms with Crippen LogP contribution in [0, 0.1) is 0 Å². The second-order valence-corrected chi connectivity index (χ2v) is 4.57. The van der Waals surface area contributed by atoms with Gasteiger partial charge in [0.05, 0.1) is 5.56 Å². The van der Waals surface area contributed by atoms with Crippen molar-refractivity contribution in [3.8, 4) is 11.4 Å². The minimum Gasteiger partial charge on any atom is -0.326 e. The summed E-state index contributed by atoms with van der Waals surface area (Å²) in [4.78, 5) is 0. The van der Waals surface area contributed by atoms with E-state index in [0.717, 1.165) is 17.7 Å². The molecule has 2 heterocycles. The number of pyridine rings is 1. The third-order valence-corrected chi connectivity index (χ3v) is 3.18. The van der Waals surface area contributed by atoms with Crippen LogP contribution in [0.2, 0.25) is 0 Å². The summed E-state index contributed by atoms with van der Waals surface area (Å²) in [5.41, 5.74) is 6.94. The van der Waals surface area contributed by atoms with Crippen LogP contribution in [0.25, 0.3) is 17.0 Å². The molecule has 1 aromatic carbocycles. The maximum absolute atomic E-state index is 12.6. The number of fused-ring (bicyclic) bond motifs is 1. The van der Waals surface area contributed by atoms with Gasteiger partial charge in [-0.15, -0.1) is 10.2 Å². The van der Waals surface area contributed by atoms with Crippen LogP contribution in [-0.4, -0.2) is 14.6 Å². The summed E-state index contributed by atoms with van der Waals surface area (Å²) < 4.78 is 39.4. The van der Waals surface area contributed by atoms with Gasteiger partial charge < -0.3 is 5.73 Å². The maximum atomic E-state index is 12.6. The number of nitrogens with two attached hydrogens (primary N) is 1. The highest BCUT2D eigenvalue weighted by Gasteiger charge is 2.30. The molecule has 0 amide bonds. The van der Waals surface area contributed by atoms with Gasteiger partial charge in [-0.05, 0) is 29.8 Å². The lowest BCUT2D eigenvalue weighted by Gasteiger charge is -2.07. The number of alkyl halides is 3. The van der Waals surface area contributed by atoms with E-state index in [9.17, 15) is 13.2 Å². The van der Waals surface area contributed by atoms with Crippen molar-refractivity contribution in [1.29, 1.82) is 0 Å². The summed E-state index contributed by atoms with van der Waals surface area (Å²) in [7, 11) is 0. The fourth-order valence-corrected chi connectivity index (χ4v) is 2.07. The number of hydrogen-bond donors (Lipinski definition) is 1. The Morgan fingerprint density at radius 1 is 1.05 bits per heavy atom. The molecule has 0 bridgehead atoms. The molecule has 2 N–H and O–H groups in total. The molecule has 2 aromatic heterocycles. The van der Waals surface area contributed by atoms with E-state index in [4.69, 9.17) is 5.73 Å². The van der Waals surface area contributed by atoms with Gasteiger partial charge in [0.2, 0.25) is 0 Å². The summed E-state index contributed by atoms with van der Waals surface area (Å²) >= 11 is 0. The fraction of sp³-hybridized carbons (Fsp3) is 0.143. The monoisotopic (exact) mass is 292 g/mol. The minimum absolute atomic E-state index is 0.388. The molecule has 0 saturated carbocycles. The fourth-order valence-electron chi connectivity index (χ4n) is 2.07. The van der Waals surface area contributed by atoms with Gasteiger partial charge in [-0.1, -0.05) is 12.1 Å². The predicted octanol–water partition coefficient (Wildman–Crippen LogP) is 2.87. The summed E-state index contributed by atoms with van der Waals surface area (Å²) in [6.07, 6.45) is -2.59. The highest BCUT2D eigenvalue weighted by molar-refractivity contribution is 5.60. The lowest BCUT2D eigenvalue weighted by molar-refractivity contribution is -0.137. The van der Waals surface area contributed by atoms with Gasteiger partial charge in [0.15, 0.2) is 11.5 Å². The molecular weight excluding hydrogens is 281 g/mol. The van der Waals surface area contributed by atoms with Crippen molar-refractivity contribution < 1.29 is 13.2 Å². The van der Waals surface area contributed by atoms with Crippen LogP contribution in [0.1, 0.15) is 11.1 Å². The van der Waals surface area contributed by atoms with Gasteiger partial charge in [0.25, 0.3) is 0 Å². The molecule has 3 rings (SSSR count). The van der Waals surface area contributed by atoms with Crippen molar-refractivity contribution in [1.82, 2.24) is 14.6 Å². The van der Waals surface area contributed by atoms with Crippen LogP contribution in [0.5, 0.6) is 0 Å². The van der Waals surface area contributed by atoms with Crippen LogP contribution in [0.15, 0.2) is 42.6 Å². The quantitative estimate of drug-likeness (QED) is 0.790. The van der Waals surface area contributed by atoms with E-state index < -0.39 is 11.7 Å². The van der Waals surface area contributed by atoms with Gasteiger partial charge in [-0.2, -0.15) is 13.2 Å². The van der Waals surface area contributed by atoms with Crippen LogP contribution >= 0.6 is 0 Å². The smallest absolute Gasteiger partial charge is 0.326 e. The SMILES string of the molecule is NCc1ccn2c(-c3ccc(C(F)(F)F)cc3)nnc2c1. The molecule has 0 saturated heterocycles. The Hall–Kier alpha value is -2.41. The molecule has 0 aliphatic heterocycles. The van der Waals surface area contributed by atoms with Gasteiger partial charge in [-0.3, -0.25) is 4.40 Å². The largest absolute Gasteiger partial charge is 0.416 e. The van der Waals surface area contributed by atoms with E-state index in [1.807, 2.05) is 6.07 Å². The molecule has 0 spiro atoms. The standard InChI is InChI=1S/C14H11F3N4/c15-14(16,17)11-3-1-10(2-4-11)13-20-19-12-7-9(8-18)5-6-21(12)13/h1-7H,8,18H2. The van der Waals surface area contributed by atoms with Gasteiger partial charge in [0, 0.05) is 18.3 Å². The molecule has 0 aliphatic carbocycles. The Kier molecular flexibility index (Phi) is 3.13. The topological polar surface area (TPSA) is 56.2 Å². The molecule has 4 nitrogen and oxygen atoms in total. The van der Waals surface area contributed by atoms with Crippen molar-refractivity contribution in [3.05, 3.63) is 53.7 Å². The Balaban J connectivity index is 2.04. The van der Waals surface area contributed by atoms with Crippen molar-refractivity contribution >= 4 is 5.65 Å². The maximum Gasteiger partial charge on any atom is 0.416 e. The van der Waals surface area contributed by atoms with E-state index in [0.29, 0.717) is 23.6 Å². The third kappa shape index (κ3) is 2.47. The second-order valence-electron chi connectivity index (χ2n) is 4.57. The third-order valence-electron chi connectivity index (χ3n) is 3.18. The Bertz CT molecular complexity index is 775. The normalized spacial score (nSPS) is 12.0. The van der Waals surface area contributed by atoms with Crippen molar-refractivity contribution in [3.63, 3.8) is 0 Å². The first-order chi connectivity index (χ1) is 9.99. The Morgan fingerprint density at radius 3 is 2.38 bits per heavy atom. The van der Waals surface area contributed by atoms with Crippen LogP contribution in [0.3, 0.4) is 0 Å². The first kappa shape index (κ1) is 13.6. The molecule has 3 aromatic rings. The number of rotatable bonds is 2. The number of halogens is 3. The number of benzene rings is 1.